The van der Waals surface area contributed by atoms with Crippen molar-refractivity contribution in [3.05, 3.63) is 29.8 Å². The third kappa shape index (κ3) is 2.60. The molecule has 4 rings (SSSR count). The normalized spacial score (nSPS) is 28.2. The van der Waals surface area contributed by atoms with E-state index in [4.69, 9.17) is 0 Å². The van der Waals surface area contributed by atoms with E-state index in [-0.39, 0.29) is 11.8 Å². The van der Waals surface area contributed by atoms with Gasteiger partial charge >= 0.3 is 5.97 Å². The molecule has 25 heavy (non-hydrogen) atoms. The van der Waals surface area contributed by atoms with Crippen LogP contribution in [0.2, 0.25) is 0 Å². The maximum absolute atomic E-state index is 12.8. The van der Waals surface area contributed by atoms with Crippen molar-refractivity contribution in [1.82, 2.24) is 4.90 Å². The Morgan fingerprint density at radius 2 is 2.04 bits per heavy atom. The summed E-state index contributed by atoms with van der Waals surface area (Å²) < 4.78 is 0. The van der Waals surface area contributed by atoms with Gasteiger partial charge in [-0.25, -0.2) is 0 Å². The van der Waals surface area contributed by atoms with Crippen molar-refractivity contribution in [2.75, 3.05) is 24.6 Å². The molecule has 1 N–H and O–H groups in total. The maximum Gasteiger partial charge on any atom is 0.311 e. The average Bonchev–Trinajstić information content (AvgIpc) is 3.28. The Morgan fingerprint density at radius 1 is 1.28 bits per heavy atom. The number of carbonyl (C=O) groups excluding carboxylic acids is 1. The molecule has 1 saturated heterocycles. The van der Waals surface area contributed by atoms with Crippen LogP contribution in [0.5, 0.6) is 0 Å². The second-order valence-corrected chi connectivity index (χ2v) is 7.49. The lowest BCUT2D eigenvalue weighted by atomic mass is 9.81. The van der Waals surface area contributed by atoms with E-state index in [1.54, 1.807) is 4.90 Å². The van der Waals surface area contributed by atoms with Crippen molar-refractivity contribution in [2.45, 2.75) is 32.6 Å². The third-order valence-electron chi connectivity index (χ3n) is 5.97. The minimum atomic E-state index is -0.747. The van der Waals surface area contributed by atoms with Crippen LogP contribution in [0.25, 0.3) is 0 Å². The number of carbonyl (C=O) groups is 2. The molecular weight excluding hydrogens is 318 g/mol. The van der Waals surface area contributed by atoms with E-state index in [9.17, 15) is 14.7 Å². The summed E-state index contributed by atoms with van der Waals surface area (Å²) in [6, 6.07) is 7.48. The zero-order valence-electron chi connectivity index (χ0n) is 14.4. The molecule has 1 aromatic rings. The second-order valence-electron chi connectivity index (χ2n) is 7.49. The van der Waals surface area contributed by atoms with Crippen molar-refractivity contribution >= 4 is 23.3 Å². The van der Waals surface area contributed by atoms with Crippen molar-refractivity contribution in [2.24, 2.45) is 16.4 Å². The van der Waals surface area contributed by atoms with Gasteiger partial charge in [0.2, 0.25) is 0 Å². The Kier molecular flexibility index (Phi) is 3.78. The van der Waals surface area contributed by atoms with Gasteiger partial charge in [-0.3, -0.25) is 14.6 Å². The average molecular weight is 341 g/mol. The Bertz CT molecular complexity index is 743. The van der Waals surface area contributed by atoms with Crippen molar-refractivity contribution in [1.29, 1.82) is 0 Å². The van der Waals surface area contributed by atoms with Gasteiger partial charge in [0.15, 0.2) is 0 Å². The second kappa shape index (κ2) is 5.86. The number of anilines is 1. The highest BCUT2D eigenvalue weighted by molar-refractivity contribution is 5.95. The SMILES string of the molecule is CC1=NN(c2ccc(C(=O)N3C[C@@H]4CCC[C@@]4(C(=O)O)C3)cc2)CC1. The number of amides is 1. The number of aliphatic carboxylic acids is 1. The molecule has 1 aliphatic carbocycles. The summed E-state index contributed by atoms with van der Waals surface area (Å²) in [6.07, 6.45) is 3.50. The number of likely N-dealkylation sites (tertiary alicyclic amines) is 1. The Morgan fingerprint density at radius 3 is 2.64 bits per heavy atom. The van der Waals surface area contributed by atoms with Crippen LogP contribution in [0.1, 0.15) is 43.0 Å². The standard InChI is InChI=1S/C19H23N3O3/c1-13-8-10-22(20-13)16-6-4-14(5-7-16)17(23)21-11-15-3-2-9-19(15,12-21)18(24)25/h4-7,15H,2-3,8-12H2,1H3,(H,24,25)/t15-,19+/m0/s1. The van der Waals surface area contributed by atoms with E-state index in [0.29, 0.717) is 25.1 Å². The molecule has 6 heteroatoms. The fourth-order valence-corrected chi connectivity index (χ4v) is 4.51. The first-order valence-electron chi connectivity index (χ1n) is 8.94. The first kappa shape index (κ1) is 16.1. The maximum atomic E-state index is 12.8. The summed E-state index contributed by atoms with van der Waals surface area (Å²) >= 11 is 0. The molecule has 2 fully saturated rings. The Hall–Kier alpha value is -2.37. The predicted molar refractivity (Wildman–Crippen MR) is 94.8 cm³/mol. The summed E-state index contributed by atoms with van der Waals surface area (Å²) in [5.41, 5.74) is 1.98. The minimum absolute atomic E-state index is 0.0670. The molecule has 2 heterocycles. The Balaban J connectivity index is 1.49. The predicted octanol–water partition coefficient (Wildman–Crippen LogP) is 2.60. The molecule has 0 bridgehead atoms. The van der Waals surface area contributed by atoms with E-state index in [1.807, 2.05) is 36.2 Å². The van der Waals surface area contributed by atoms with Crippen LogP contribution in [-0.4, -0.2) is 47.2 Å². The van der Waals surface area contributed by atoms with Crippen LogP contribution in [-0.2, 0) is 4.79 Å². The molecule has 3 aliphatic rings. The molecule has 1 saturated carbocycles. The Labute approximate surface area is 147 Å². The van der Waals surface area contributed by atoms with Crippen LogP contribution < -0.4 is 5.01 Å². The van der Waals surface area contributed by atoms with Crippen molar-refractivity contribution in [3.63, 3.8) is 0 Å². The van der Waals surface area contributed by atoms with Crippen LogP contribution in [0.4, 0.5) is 5.69 Å². The smallest absolute Gasteiger partial charge is 0.311 e. The number of carboxylic acids is 1. The lowest BCUT2D eigenvalue weighted by Crippen LogP contribution is -2.37. The summed E-state index contributed by atoms with van der Waals surface area (Å²) in [7, 11) is 0. The number of hydrogen-bond acceptors (Lipinski definition) is 4. The number of hydrogen-bond donors (Lipinski definition) is 1. The molecule has 0 radical (unpaired) electrons. The van der Waals surface area contributed by atoms with E-state index in [2.05, 4.69) is 5.10 Å². The van der Waals surface area contributed by atoms with Gasteiger partial charge in [0.1, 0.15) is 0 Å². The van der Waals surface area contributed by atoms with Gasteiger partial charge in [0.05, 0.1) is 11.1 Å². The first-order valence-corrected chi connectivity index (χ1v) is 8.94. The molecular formula is C19H23N3O3. The van der Waals surface area contributed by atoms with Crippen LogP contribution in [0.3, 0.4) is 0 Å². The summed E-state index contributed by atoms with van der Waals surface area (Å²) in [5, 5.41) is 16.1. The van der Waals surface area contributed by atoms with Crippen molar-refractivity contribution in [3.8, 4) is 0 Å². The number of nitrogens with zero attached hydrogens (tertiary/aromatic N) is 3. The molecule has 0 aromatic heterocycles. The quantitative estimate of drug-likeness (QED) is 0.917. The van der Waals surface area contributed by atoms with E-state index in [1.165, 1.54) is 0 Å². The monoisotopic (exact) mass is 341 g/mol. The van der Waals surface area contributed by atoms with Crippen LogP contribution in [0.15, 0.2) is 29.4 Å². The molecule has 6 nitrogen and oxygen atoms in total. The highest BCUT2D eigenvalue weighted by atomic mass is 16.4. The van der Waals surface area contributed by atoms with Gasteiger partial charge in [0.25, 0.3) is 5.91 Å². The zero-order chi connectivity index (χ0) is 17.6. The summed E-state index contributed by atoms with van der Waals surface area (Å²) in [6.45, 7) is 3.78. The van der Waals surface area contributed by atoms with Gasteiger partial charge in [-0.1, -0.05) is 6.42 Å². The molecule has 2 atom stereocenters. The molecule has 2 aliphatic heterocycles. The molecule has 0 spiro atoms. The van der Waals surface area contributed by atoms with E-state index in [0.717, 1.165) is 37.2 Å². The molecule has 132 valence electrons. The highest BCUT2D eigenvalue weighted by Gasteiger charge is 2.55. The van der Waals surface area contributed by atoms with Crippen LogP contribution in [0, 0.1) is 11.3 Å². The topological polar surface area (TPSA) is 73.2 Å². The van der Waals surface area contributed by atoms with Gasteiger partial charge in [-0.05, 0) is 49.9 Å². The van der Waals surface area contributed by atoms with Gasteiger partial charge in [-0.2, -0.15) is 5.10 Å². The van der Waals surface area contributed by atoms with Gasteiger partial charge in [-0.15, -0.1) is 0 Å². The van der Waals surface area contributed by atoms with Gasteiger partial charge < -0.3 is 10.0 Å². The van der Waals surface area contributed by atoms with E-state index < -0.39 is 11.4 Å². The number of carboxylic acid groups (broad SMARTS) is 1. The molecule has 0 unspecified atom stereocenters. The largest absolute Gasteiger partial charge is 0.481 e. The number of benzene rings is 1. The fraction of sp³-hybridized carbons (Fsp3) is 0.526. The molecule has 1 amide bonds. The fourth-order valence-electron chi connectivity index (χ4n) is 4.51. The first-order chi connectivity index (χ1) is 12.0. The lowest BCUT2D eigenvalue weighted by molar-refractivity contribution is -0.149. The number of fused-ring (bicyclic) bond motifs is 1. The number of rotatable bonds is 3. The highest BCUT2D eigenvalue weighted by Crippen LogP contribution is 2.49. The summed E-state index contributed by atoms with van der Waals surface area (Å²) in [4.78, 5) is 26.3. The lowest BCUT2D eigenvalue weighted by Gasteiger charge is -2.23. The van der Waals surface area contributed by atoms with E-state index >= 15 is 0 Å². The minimum Gasteiger partial charge on any atom is -0.481 e. The third-order valence-corrected chi connectivity index (χ3v) is 5.97. The van der Waals surface area contributed by atoms with Crippen LogP contribution >= 0.6 is 0 Å². The molecule has 1 aromatic carbocycles. The number of hydrazone groups is 1. The zero-order valence-corrected chi connectivity index (χ0v) is 14.4. The van der Waals surface area contributed by atoms with Gasteiger partial charge in [0, 0.05) is 37.3 Å². The summed E-state index contributed by atoms with van der Waals surface area (Å²) in [5.74, 6) is -0.722. The van der Waals surface area contributed by atoms with Crippen molar-refractivity contribution < 1.29 is 14.7 Å².